The molecule has 2 rings (SSSR count). The van der Waals surface area contributed by atoms with Crippen molar-refractivity contribution in [3.05, 3.63) is 0 Å². The van der Waals surface area contributed by atoms with Crippen LogP contribution in [-0.2, 0) is 24.1 Å². The van der Waals surface area contributed by atoms with Crippen molar-refractivity contribution in [2.45, 2.75) is 96.0 Å². The van der Waals surface area contributed by atoms with Crippen molar-refractivity contribution < 1.29 is 24.1 Å². The Balaban J connectivity index is 1.75. The van der Waals surface area contributed by atoms with Crippen molar-refractivity contribution >= 4 is 35.4 Å². The second-order valence-corrected chi connectivity index (χ2v) is 13.6. The first-order valence-electron chi connectivity index (χ1n) is 16.7. The van der Waals surface area contributed by atoms with Crippen LogP contribution >= 0.6 is 11.8 Å². The number of carbonyl (C=O) groups is 4. The third kappa shape index (κ3) is 15.4. The molecule has 0 aliphatic carbocycles. The Morgan fingerprint density at radius 2 is 1.60 bits per heavy atom. The molecule has 10 N–H and O–H groups in total. The van der Waals surface area contributed by atoms with E-state index in [4.69, 9.17) is 10.7 Å². The van der Waals surface area contributed by atoms with Crippen LogP contribution in [0.1, 0.15) is 72.6 Å². The van der Waals surface area contributed by atoms with E-state index >= 15 is 0 Å². The summed E-state index contributed by atoms with van der Waals surface area (Å²) in [6.07, 6.45) is 4.38. The monoisotopic (exact) mass is 657 g/mol. The summed E-state index contributed by atoms with van der Waals surface area (Å²) in [7, 11) is 0. The van der Waals surface area contributed by atoms with Gasteiger partial charge in [0.1, 0.15) is 0 Å². The number of rotatable bonds is 24. The Bertz CT molecular complexity index is 900. The van der Waals surface area contributed by atoms with Gasteiger partial charge in [-0.2, -0.15) is 22.7 Å². The van der Waals surface area contributed by atoms with Gasteiger partial charge in [-0.15, -0.1) is 0 Å². The summed E-state index contributed by atoms with van der Waals surface area (Å²) in [4.78, 5) is 56.4. The van der Waals surface area contributed by atoms with Gasteiger partial charge in [0.2, 0.25) is 23.6 Å². The molecule has 45 heavy (non-hydrogen) atoms. The molecule has 0 saturated carbocycles. The van der Waals surface area contributed by atoms with Crippen LogP contribution in [-0.4, -0.2) is 98.7 Å². The fraction of sp³-hybridized carbons (Fsp3) is 0.867. The number of hydrogen-bond acceptors (Lipinski definition) is 11. The molecule has 4 amide bonds. The highest BCUT2D eigenvalue weighted by atomic mass is 32.2. The largest absolute Gasteiger partial charge is 0.355 e. The minimum Gasteiger partial charge on any atom is -0.355 e. The molecule has 2 saturated heterocycles. The van der Waals surface area contributed by atoms with Crippen molar-refractivity contribution in [2.75, 3.05) is 51.7 Å². The van der Waals surface area contributed by atoms with E-state index in [0.29, 0.717) is 62.7 Å². The molecule has 14 nitrogen and oxygen atoms in total. The quantitative estimate of drug-likeness (QED) is 0.0477. The van der Waals surface area contributed by atoms with Gasteiger partial charge in [-0.05, 0) is 46.0 Å². The fourth-order valence-electron chi connectivity index (χ4n) is 5.52. The van der Waals surface area contributed by atoms with Crippen molar-refractivity contribution in [3.8, 4) is 0 Å². The summed E-state index contributed by atoms with van der Waals surface area (Å²) in [6, 6.07) is 0.659. The molecule has 0 radical (unpaired) electrons. The molecule has 3 unspecified atom stereocenters. The number of fused-ring (bicyclic) bond motifs is 1. The van der Waals surface area contributed by atoms with Gasteiger partial charge in [0.15, 0.2) is 0 Å². The van der Waals surface area contributed by atoms with E-state index in [1.54, 1.807) is 6.92 Å². The van der Waals surface area contributed by atoms with Gasteiger partial charge in [-0.25, -0.2) is 4.94 Å². The summed E-state index contributed by atoms with van der Waals surface area (Å²) in [5.41, 5.74) is 11.5. The number of nitrogens with one attached hydrogen (secondary N) is 8. The Hall–Kier alpha value is -2.01. The van der Waals surface area contributed by atoms with E-state index < -0.39 is 11.8 Å². The number of unbranched alkanes of at least 4 members (excludes halogenated alkanes) is 1. The number of carbonyl (C=O) groups excluding carboxylic acids is 4. The van der Waals surface area contributed by atoms with Gasteiger partial charge in [-0.1, -0.05) is 20.3 Å². The van der Waals surface area contributed by atoms with Crippen LogP contribution in [0.15, 0.2) is 0 Å². The van der Waals surface area contributed by atoms with Gasteiger partial charge < -0.3 is 37.6 Å². The average Bonchev–Trinajstić information content (AvgIpc) is 3.63. The Morgan fingerprint density at radius 3 is 2.31 bits per heavy atom. The lowest BCUT2D eigenvalue weighted by atomic mass is 9.85. The zero-order chi connectivity index (χ0) is 33.0. The van der Waals surface area contributed by atoms with Gasteiger partial charge >= 0.3 is 0 Å². The van der Waals surface area contributed by atoms with E-state index in [-0.39, 0.29) is 42.3 Å². The normalized spacial score (nSPS) is 21.2. The predicted octanol–water partition coefficient (Wildman–Crippen LogP) is -0.534. The molecule has 2 aliphatic heterocycles. The van der Waals surface area contributed by atoms with Gasteiger partial charge in [0.25, 0.3) is 0 Å². The molecule has 2 aliphatic rings. The van der Waals surface area contributed by atoms with Gasteiger partial charge in [0, 0.05) is 80.5 Å². The van der Waals surface area contributed by atoms with Crippen LogP contribution in [0.5, 0.6) is 0 Å². The lowest BCUT2D eigenvalue weighted by Gasteiger charge is -2.25. The molecule has 0 aromatic heterocycles. The SMILES string of the molecule is CCC(CC(CC(C)C(=O)NCNC(=O)CCCC[C@H]1SC[C@H]2NON[C@H]21)C(=O)NCCNCCNCCN)C(=O)NC(C)C. The molecule has 0 aromatic carbocycles. The third-order valence-corrected chi connectivity index (χ3v) is 9.65. The molecule has 260 valence electrons. The number of nitrogens with two attached hydrogens (primary N) is 1. The van der Waals surface area contributed by atoms with Crippen molar-refractivity contribution in [2.24, 2.45) is 23.5 Å². The number of hydroxylamine groups is 2. The van der Waals surface area contributed by atoms with Crippen LogP contribution in [0.3, 0.4) is 0 Å². The Labute approximate surface area is 273 Å². The predicted molar refractivity (Wildman–Crippen MR) is 178 cm³/mol. The fourth-order valence-corrected chi connectivity index (χ4v) is 7.04. The van der Waals surface area contributed by atoms with Crippen molar-refractivity contribution in [1.82, 2.24) is 42.9 Å². The smallest absolute Gasteiger partial charge is 0.224 e. The van der Waals surface area contributed by atoms with Crippen LogP contribution in [0.25, 0.3) is 0 Å². The molecule has 6 atom stereocenters. The molecule has 2 heterocycles. The minimum atomic E-state index is -0.510. The highest BCUT2D eigenvalue weighted by molar-refractivity contribution is 8.00. The molecule has 15 heteroatoms. The van der Waals surface area contributed by atoms with Crippen molar-refractivity contribution in [1.29, 1.82) is 0 Å². The Kier molecular flexibility index (Phi) is 19.6. The van der Waals surface area contributed by atoms with Crippen LogP contribution in [0.2, 0.25) is 0 Å². The molecule has 0 bridgehead atoms. The van der Waals surface area contributed by atoms with E-state index in [0.717, 1.165) is 44.6 Å². The second kappa shape index (κ2) is 22.5. The summed E-state index contributed by atoms with van der Waals surface area (Å²) >= 11 is 1.93. The first kappa shape index (κ1) is 39.2. The van der Waals surface area contributed by atoms with Gasteiger partial charge in [-0.3, -0.25) is 19.2 Å². The molecule has 0 aromatic rings. The highest BCUT2D eigenvalue weighted by Gasteiger charge is 2.40. The summed E-state index contributed by atoms with van der Waals surface area (Å²) < 4.78 is 0. The number of hydrogen-bond donors (Lipinski definition) is 9. The maximum atomic E-state index is 13.2. The van der Waals surface area contributed by atoms with E-state index in [1.807, 2.05) is 32.5 Å². The standard InChI is InChI=1S/C30H59N9O5S/c1-5-22(30(43)37-20(2)3)17-23(29(42)34-15-14-33-13-12-32-11-10-31)16-21(4)28(41)36-19-35-26(40)9-7-6-8-25-27-24(18-45-25)38-44-39-27/h20-25,27,32-33,38-39H,5-19,31H2,1-4H3,(H,34,42)(H,35,40)(H,36,41)(H,37,43)/t21?,22?,23?,24-,25-,27-/m1/s1. The zero-order valence-corrected chi connectivity index (χ0v) is 28.5. The number of amides is 4. The van der Waals surface area contributed by atoms with E-state index in [9.17, 15) is 19.2 Å². The number of thioether (sulfide) groups is 1. The topological polar surface area (TPSA) is 200 Å². The maximum absolute atomic E-state index is 13.2. The van der Waals surface area contributed by atoms with Crippen LogP contribution in [0.4, 0.5) is 0 Å². The average molecular weight is 658 g/mol. The summed E-state index contributed by atoms with van der Waals surface area (Å²) in [5, 5.41) is 18.4. The molecular formula is C30H59N9O5S. The first-order valence-corrected chi connectivity index (χ1v) is 17.7. The second-order valence-electron chi connectivity index (χ2n) is 12.3. The van der Waals surface area contributed by atoms with Gasteiger partial charge in [0.05, 0.1) is 18.8 Å². The molecular weight excluding hydrogens is 598 g/mol. The zero-order valence-electron chi connectivity index (χ0n) is 27.7. The highest BCUT2D eigenvalue weighted by Crippen LogP contribution is 2.33. The first-order chi connectivity index (χ1) is 21.7. The lowest BCUT2D eigenvalue weighted by molar-refractivity contribution is -0.130. The summed E-state index contributed by atoms with van der Waals surface area (Å²) in [5.74, 6) is -0.901. The van der Waals surface area contributed by atoms with E-state index in [1.165, 1.54) is 0 Å². The lowest BCUT2D eigenvalue weighted by Crippen LogP contribution is -2.43. The Morgan fingerprint density at radius 1 is 0.867 bits per heavy atom. The molecule has 2 fully saturated rings. The van der Waals surface area contributed by atoms with Crippen LogP contribution in [0, 0.1) is 17.8 Å². The van der Waals surface area contributed by atoms with E-state index in [2.05, 4.69) is 42.9 Å². The van der Waals surface area contributed by atoms with Crippen LogP contribution < -0.4 is 48.6 Å². The molecule has 0 spiro atoms. The third-order valence-electron chi connectivity index (χ3n) is 8.14. The summed E-state index contributed by atoms with van der Waals surface area (Å²) in [6.45, 7) is 11.5. The maximum Gasteiger partial charge on any atom is 0.224 e. The van der Waals surface area contributed by atoms with Crippen molar-refractivity contribution in [3.63, 3.8) is 0 Å². The minimum absolute atomic E-state index is 0.0000837.